The molecule has 0 atom stereocenters. The van der Waals surface area contributed by atoms with E-state index in [0.717, 1.165) is 25.9 Å². The van der Waals surface area contributed by atoms with E-state index in [9.17, 15) is 9.59 Å². The third-order valence-corrected chi connectivity index (χ3v) is 5.39. The summed E-state index contributed by atoms with van der Waals surface area (Å²) < 4.78 is 5.69. The van der Waals surface area contributed by atoms with Gasteiger partial charge >= 0.3 is 0 Å². The van der Waals surface area contributed by atoms with Crippen LogP contribution in [0, 0.1) is 0 Å². The molecule has 1 aliphatic rings. The molecule has 7 heteroatoms. The van der Waals surface area contributed by atoms with Crippen LogP contribution in [-0.4, -0.2) is 29.8 Å². The Balaban J connectivity index is 1.56. The predicted octanol–water partition coefficient (Wildman–Crippen LogP) is 5.74. The molecule has 0 unspecified atom stereocenters. The first-order valence-corrected chi connectivity index (χ1v) is 10.0. The van der Waals surface area contributed by atoms with E-state index in [1.807, 2.05) is 0 Å². The van der Waals surface area contributed by atoms with Crippen LogP contribution in [0.3, 0.4) is 0 Å². The van der Waals surface area contributed by atoms with Crippen molar-refractivity contribution in [2.24, 2.45) is 0 Å². The molecule has 2 heterocycles. The Morgan fingerprint density at radius 1 is 0.966 bits per heavy atom. The molecule has 2 amide bonds. The van der Waals surface area contributed by atoms with Gasteiger partial charge < -0.3 is 14.6 Å². The average molecular weight is 429 g/mol. The van der Waals surface area contributed by atoms with E-state index in [2.05, 4.69) is 5.32 Å². The molecule has 3 aromatic rings. The van der Waals surface area contributed by atoms with Crippen molar-refractivity contribution in [1.29, 1.82) is 0 Å². The number of rotatable bonds is 4. The van der Waals surface area contributed by atoms with Gasteiger partial charge in [-0.25, -0.2) is 0 Å². The number of carbonyl (C=O) groups is 2. The topological polar surface area (TPSA) is 62.6 Å². The number of benzene rings is 2. The number of nitrogens with one attached hydrogen (secondary N) is 1. The maximum Gasteiger partial charge on any atom is 0.291 e. The molecule has 0 aliphatic carbocycles. The monoisotopic (exact) mass is 428 g/mol. The number of para-hydroxylation sites is 1. The molecular formula is C22H18Cl2N2O3. The molecule has 148 valence electrons. The average Bonchev–Trinajstić information content (AvgIpc) is 3.42. The zero-order chi connectivity index (χ0) is 20.4. The summed E-state index contributed by atoms with van der Waals surface area (Å²) in [6.07, 6.45) is 2.00. The first-order valence-electron chi connectivity index (χ1n) is 9.28. The summed E-state index contributed by atoms with van der Waals surface area (Å²) in [7, 11) is 0. The van der Waals surface area contributed by atoms with Gasteiger partial charge in [0.15, 0.2) is 5.76 Å². The van der Waals surface area contributed by atoms with Crippen molar-refractivity contribution in [3.05, 3.63) is 76.0 Å². The molecule has 1 saturated heterocycles. The number of anilines is 1. The highest BCUT2D eigenvalue weighted by molar-refractivity contribution is 6.35. The van der Waals surface area contributed by atoms with Gasteiger partial charge in [0.2, 0.25) is 0 Å². The van der Waals surface area contributed by atoms with Gasteiger partial charge in [0.05, 0.1) is 16.3 Å². The van der Waals surface area contributed by atoms with Gasteiger partial charge in [0.1, 0.15) is 5.76 Å². The Hall–Kier alpha value is -2.76. The van der Waals surface area contributed by atoms with Gasteiger partial charge in [-0.05, 0) is 55.3 Å². The van der Waals surface area contributed by atoms with Gasteiger partial charge in [0, 0.05) is 23.7 Å². The molecule has 0 bridgehead atoms. The van der Waals surface area contributed by atoms with Crippen LogP contribution in [-0.2, 0) is 0 Å². The Labute approximate surface area is 178 Å². The van der Waals surface area contributed by atoms with Gasteiger partial charge in [-0.1, -0.05) is 35.3 Å². The van der Waals surface area contributed by atoms with Gasteiger partial charge in [-0.15, -0.1) is 0 Å². The molecule has 1 aromatic heterocycles. The molecule has 4 rings (SSSR count). The van der Waals surface area contributed by atoms with Crippen molar-refractivity contribution >= 4 is 40.7 Å². The zero-order valence-electron chi connectivity index (χ0n) is 15.5. The third kappa shape index (κ3) is 4.16. The highest BCUT2D eigenvalue weighted by Crippen LogP contribution is 2.32. The lowest BCUT2D eigenvalue weighted by Gasteiger charge is -2.17. The number of likely N-dealkylation sites (tertiary alicyclic amines) is 1. The van der Waals surface area contributed by atoms with Crippen LogP contribution < -0.4 is 5.32 Å². The number of carbonyl (C=O) groups excluding carboxylic acids is 2. The zero-order valence-corrected chi connectivity index (χ0v) is 17.0. The summed E-state index contributed by atoms with van der Waals surface area (Å²) in [4.78, 5) is 27.3. The summed E-state index contributed by atoms with van der Waals surface area (Å²) in [6, 6.07) is 15.2. The smallest absolute Gasteiger partial charge is 0.291 e. The molecule has 5 nitrogen and oxygen atoms in total. The summed E-state index contributed by atoms with van der Waals surface area (Å²) in [5.41, 5.74) is 1.52. The lowest BCUT2D eigenvalue weighted by molar-refractivity contribution is 0.0794. The molecule has 0 saturated carbocycles. The predicted molar refractivity (Wildman–Crippen MR) is 114 cm³/mol. The second-order valence-electron chi connectivity index (χ2n) is 6.79. The van der Waals surface area contributed by atoms with Crippen molar-refractivity contribution in [3.8, 4) is 11.3 Å². The van der Waals surface area contributed by atoms with Gasteiger partial charge in [-0.3, -0.25) is 9.59 Å². The van der Waals surface area contributed by atoms with Crippen molar-refractivity contribution in [2.45, 2.75) is 12.8 Å². The minimum absolute atomic E-state index is 0.0794. The second-order valence-corrected chi connectivity index (χ2v) is 7.63. The highest BCUT2D eigenvalue weighted by atomic mass is 35.5. The van der Waals surface area contributed by atoms with Crippen LogP contribution in [0.25, 0.3) is 11.3 Å². The van der Waals surface area contributed by atoms with Gasteiger partial charge in [0.25, 0.3) is 11.8 Å². The lowest BCUT2D eigenvalue weighted by atomic mass is 10.1. The van der Waals surface area contributed by atoms with Crippen LogP contribution in [0.1, 0.15) is 33.8 Å². The van der Waals surface area contributed by atoms with E-state index < -0.39 is 5.91 Å². The summed E-state index contributed by atoms with van der Waals surface area (Å²) >= 11 is 12.2. The number of amides is 2. The fourth-order valence-corrected chi connectivity index (χ4v) is 3.73. The molecule has 1 aliphatic heterocycles. The lowest BCUT2D eigenvalue weighted by Crippen LogP contribution is -2.28. The van der Waals surface area contributed by atoms with Crippen molar-refractivity contribution in [1.82, 2.24) is 4.90 Å². The maximum atomic E-state index is 12.8. The second kappa shape index (κ2) is 8.31. The largest absolute Gasteiger partial charge is 0.451 e. The molecule has 0 radical (unpaired) electrons. The van der Waals surface area contributed by atoms with E-state index in [0.29, 0.717) is 32.6 Å². The van der Waals surface area contributed by atoms with E-state index in [-0.39, 0.29) is 11.7 Å². The molecule has 1 fully saturated rings. The first-order chi connectivity index (χ1) is 14.0. The van der Waals surface area contributed by atoms with E-state index in [1.54, 1.807) is 59.5 Å². The van der Waals surface area contributed by atoms with E-state index >= 15 is 0 Å². The summed E-state index contributed by atoms with van der Waals surface area (Å²) in [6.45, 7) is 1.48. The Kier molecular flexibility index (Phi) is 5.60. The standard InChI is InChI=1S/C22H18Cl2N2O3/c23-14-7-8-17(24)16(13-14)19-9-10-20(29-19)21(27)25-18-6-2-1-5-15(18)22(28)26-11-3-4-12-26/h1-2,5-10,13H,3-4,11-12H2,(H,25,27). The summed E-state index contributed by atoms with van der Waals surface area (Å²) in [5, 5.41) is 3.77. The van der Waals surface area contributed by atoms with Gasteiger partial charge in [-0.2, -0.15) is 0 Å². The number of furan rings is 1. The van der Waals surface area contributed by atoms with Crippen LogP contribution in [0.2, 0.25) is 10.0 Å². The fraction of sp³-hybridized carbons (Fsp3) is 0.182. The minimum Gasteiger partial charge on any atom is -0.451 e. The van der Waals surface area contributed by atoms with Crippen LogP contribution in [0.15, 0.2) is 59.0 Å². The third-order valence-electron chi connectivity index (χ3n) is 4.82. The quantitative estimate of drug-likeness (QED) is 0.575. The highest BCUT2D eigenvalue weighted by Gasteiger charge is 2.23. The van der Waals surface area contributed by atoms with E-state index in [1.165, 1.54) is 0 Å². The number of hydrogen-bond donors (Lipinski definition) is 1. The Bertz CT molecular complexity index is 1070. The normalized spacial score (nSPS) is 13.5. The Morgan fingerprint density at radius 2 is 1.72 bits per heavy atom. The van der Waals surface area contributed by atoms with Crippen molar-refractivity contribution in [3.63, 3.8) is 0 Å². The van der Waals surface area contributed by atoms with Crippen LogP contribution >= 0.6 is 23.2 Å². The maximum absolute atomic E-state index is 12.8. The molecular weight excluding hydrogens is 411 g/mol. The molecule has 2 aromatic carbocycles. The molecule has 1 N–H and O–H groups in total. The number of nitrogens with zero attached hydrogens (tertiary/aromatic N) is 1. The minimum atomic E-state index is -0.448. The van der Waals surface area contributed by atoms with Crippen LogP contribution in [0.5, 0.6) is 0 Å². The number of halogens is 2. The van der Waals surface area contributed by atoms with Crippen LogP contribution in [0.4, 0.5) is 5.69 Å². The first kappa shape index (κ1) is 19.6. The molecule has 0 spiro atoms. The fourth-order valence-electron chi connectivity index (χ4n) is 3.34. The van der Waals surface area contributed by atoms with Crippen molar-refractivity contribution < 1.29 is 14.0 Å². The number of hydrogen-bond acceptors (Lipinski definition) is 3. The van der Waals surface area contributed by atoms with Crippen molar-refractivity contribution in [2.75, 3.05) is 18.4 Å². The SMILES string of the molecule is O=C(Nc1ccccc1C(=O)N1CCCC1)c1ccc(-c2cc(Cl)ccc2Cl)o1. The summed E-state index contributed by atoms with van der Waals surface area (Å²) in [5.74, 6) is 0.0175. The van der Waals surface area contributed by atoms with E-state index in [4.69, 9.17) is 27.6 Å². The Morgan fingerprint density at radius 3 is 2.52 bits per heavy atom. The molecule has 29 heavy (non-hydrogen) atoms.